The lowest BCUT2D eigenvalue weighted by molar-refractivity contribution is -0.124. The zero-order valence-corrected chi connectivity index (χ0v) is 11.3. The van der Waals surface area contributed by atoms with Crippen molar-refractivity contribution in [3.63, 3.8) is 0 Å². The van der Waals surface area contributed by atoms with Gasteiger partial charge in [-0.05, 0) is 25.7 Å². The van der Waals surface area contributed by atoms with Crippen LogP contribution in [0.5, 0.6) is 0 Å². The Labute approximate surface area is 104 Å². The van der Waals surface area contributed by atoms with Gasteiger partial charge in [0.15, 0.2) is 0 Å². The van der Waals surface area contributed by atoms with Crippen molar-refractivity contribution in [2.75, 3.05) is 19.7 Å². The molecular formula is C13H26N2O2. The molecule has 1 aliphatic rings. The molecule has 1 rings (SSSR count). The number of carbonyl (C=O) groups excluding carboxylic acids is 1. The molecule has 1 amide bonds. The smallest absolute Gasteiger partial charge is 0.220 e. The number of rotatable bonds is 8. The van der Waals surface area contributed by atoms with E-state index in [9.17, 15) is 4.79 Å². The average Bonchev–Trinajstić information content (AvgIpc) is 2.21. The van der Waals surface area contributed by atoms with Crippen molar-refractivity contribution in [1.29, 1.82) is 0 Å². The summed E-state index contributed by atoms with van der Waals surface area (Å²) in [5, 5.41) is 6.21. The van der Waals surface area contributed by atoms with Crippen molar-refractivity contribution in [3.8, 4) is 0 Å². The van der Waals surface area contributed by atoms with E-state index in [1.807, 2.05) is 6.92 Å². The number of hydrogen-bond donors (Lipinski definition) is 2. The summed E-state index contributed by atoms with van der Waals surface area (Å²) < 4.78 is 5.47. The van der Waals surface area contributed by atoms with Gasteiger partial charge in [-0.2, -0.15) is 0 Å². The largest absolute Gasteiger partial charge is 0.378 e. The zero-order chi connectivity index (χ0) is 12.7. The Balaban J connectivity index is 1.96. The van der Waals surface area contributed by atoms with Crippen molar-refractivity contribution >= 4 is 5.91 Å². The molecule has 17 heavy (non-hydrogen) atoms. The molecule has 0 radical (unpaired) electrons. The maximum absolute atomic E-state index is 11.6. The molecular weight excluding hydrogens is 216 g/mol. The molecule has 0 aromatic heterocycles. The van der Waals surface area contributed by atoms with Crippen molar-refractivity contribution in [1.82, 2.24) is 10.6 Å². The molecule has 0 heterocycles. The highest BCUT2D eigenvalue weighted by molar-refractivity contribution is 5.76. The first-order valence-electron chi connectivity index (χ1n) is 6.73. The molecule has 1 fully saturated rings. The van der Waals surface area contributed by atoms with Crippen molar-refractivity contribution < 1.29 is 9.53 Å². The summed E-state index contributed by atoms with van der Waals surface area (Å²) in [5.41, 5.74) is 0. The number of ether oxygens (including phenoxy) is 1. The normalized spacial score (nSPS) is 23.5. The Morgan fingerprint density at radius 1 is 1.35 bits per heavy atom. The third kappa shape index (κ3) is 6.03. The average molecular weight is 242 g/mol. The summed E-state index contributed by atoms with van der Waals surface area (Å²) in [5.74, 6) is 0.708. The minimum absolute atomic E-state index is 0.176. The van der Waals surface area contributed by atoms with Gasteiger partial charge in [0.2, 0.25) is 5.91 Å². The molecule has 2 N–H and O–H groups in total. The molecule has 100 valence electrons. The molecule has 0 spiro atoms. The van der Waals surface area contributed by atoms with E-state index in [4.69, 9.17) is 4.74 Å². The fraction of sp³-hybridized carbons (Fsp3) is 0.923. The van der Waals surface area contributed by atoms with Crippen LogP contribution in [0.15, 0.2) is 0 Å². The Hall–Kier alpha value is -0.610. The minimum atomic E-state index is 0.176. The molecule has 0 saturated heterocycles. The van der Waals surface area contributed by atoms with Gasteiger partial charge in [-0.15, -0.1) is 0 Å². The monoisotopic (exact) mass is 242 g/mol. The van der Waals surface area contributed by atoms with Gasteiger partial charge in [0.25, 0.3) is 0 Å². The summed E-state index contributed by atoms with van der Waals surface area (Å²) in [6.07, 6.45) is 3.16. The van der Waals surface area contributed by atoms with Crippen LogP contribution in [-0.4, -0.2) is 37.7 Å². The molecule has 0 aliphatic heterocycles. The van der Waals surface area contributed by atoms with Crippen LogP contribution in [0.2, 0.25) is 0 Å². The van der Waals surface area contributed by atoms with Gasteiger partial charge in [0.05, 0.1) is 6.10 Å². The summed E-state index contributed by atoms with van der Waals surface area (Å²) in [6.45, 7) is 8.56. The SMILES string of the molecule is CCOC1CC(CC(=O)NCCNC(C)C)C1. The number of carbonyl (C=O) groups is 1. The van der Waals surface area contributed by atoms with Crippen LogP contribution in [0, 0.1) is 5.92 Å². The molecule has 1 saturated carbocycles. The summed E-state index contributed by atoms with van der Waals surface area (Å²) in [6, 6.07) is 0.477. The lowest BCUT2D eigenvalue weighted by Gasteiger charge is -2.34. The highest BCUT2D eigenvalue weighted by Gasteiger charge is 2.30. The zero-order valence-electron chi connectivity index (χ0n) is 11.3. The predicted molar refractivity (Wildman–Crippen MR) is 68.9 cm³/mol. The Kier molecular flexibility index (Phi) is 6.52. The second-order valence-electron chi connectivity index (χ2n) is 5.08. The Morgan fingerprint density at radius 3 is 2.65 bits per heavy atom. The third-order valence-electron chi connectivity index (χ3n) is 3.07. The van der Waals surface area contributed by atoms with Crippen LogP contribution in [0.3, 0.4) is 0 Å². The molecule has 0 aromatic carbocycles. The van der Waals surface area contributed by atoms with Crippen LogP contribution in [0.1, 0.15) is 40.0 Å². The van der Waals surface area contributed by atoms with Crippen LogP contribution in [-0.2, 0) is 9.53 Å². The quantitative estimate of drug-likeness (QED) is 0.631. The number of hydrogen-bond acceptors (Lipinski definition) is 3. The first-order valence-corrected chi connectivity index (χ1v) is 6.73. The fourth-order valence-corrected chi connectivity index (χ4v) is 2.11. The van der Waals surface area contributed by atoms with Crippen molar-refractivity contribution in [3.05, 3.63) is 0 Å². The summed E-state index contributed by atoms with van der Waals surface area (Å²) in [4.78, 5) is 11.6. The lowest BCUT2D eigenvalue weighted by Crippen LogP contribution is -2.38. The van der Waals surface area contributed by atoms with Crippen molar-refractivity contribution in [2.45, 2.75) is 52.2 Å². The number of nitrogens with one attached hydrogen (secondary N) is 2. The Morgan fingerprint density at radius 2 is 2.06 bits per heavy atom. The van der Waals surface area contributed by atoms with Gasteiger partial charge < -0.3 is 15.4 Å². The van der Waals surface area contributed by atoms with E-state index < -0.39 is 0 Å². The van der Waals surface area contributed by atoms with Crippen LogP contribution in [0.4, 0.5) is 0 Å². The van der Waals surface area contributed by atoms with E-state index in [-0.39, 0.29) is 5.91 Å². The molecule has 1 aliphatic carbocycles. The first-order chi connectivity index (χ1) is 8.11. The highest BCUT2D eigenvalue weighted by Crippen LogP contribution is 2.32. The first kappa shape index (κ1) is 14.5. The van der Waals surface area contributed by atoms with E-state index in [0.29, 0.717) is 24.5 Å². The van der Waals surface area contributed by atoms with Crippen LogP contribution >= 0.6 is 0 Å². The van der Waals surface area contributed by atoms with Crippen LogP contribution in [0.25, 0.3) is 0 Å². The predicted octanol–water partition coefficient (Wildman–Crippen LogP) is 1.31. The fourth-order valence-electron chi connectivity index (χ4n) is 2.11. The molecule has 4 heteroatoms. The van der Waals surface area contributed by atoms with Gasteiger partial charge in [0, 0.05) is 32.2 Å². The van der Waals surface area contributed by atoms with Gasteiger partial charge in [-0.3, -0.25) is 4.79 Å². The van der Waals surface area contributed by atoms with Gasteiger partial charge in [-0.1, -0.05) is 13.8 Å². The maximum Gasteiger partial charge on any atom is 0.220 e. The van der Waals surface area contributed by atoms with Crippen LogP contribution < -0.4 is 10.6 Å². The van der Waals surface area contributed by atoms with Gasteiger partial charge >= 0.3 is 0 Å². The maximum atomic E-state index is 11.6. The third-order valence-corrected chi connectivity index (χ3v) is 3.07. The van der Waals surface area contributed by atoms with E-state index >= 15 is 0 Å². The molecule has 0 atom stereocenters. The molecule has 0 bridgehead atoms. The lowest BCUT2D eigenvalue weighted by atomic mass is 9.80. The summed E-state index contributed by atoms with van der Waals surface area (Å²) in [7, 11) is 0. The van der Waals surface area contributed by atoms with E-state index in [1.165, 1.54) is 0 Å². The second-order valence-corrected chi connectivity index (χ2v) is 5.08. The van der Waals surface area contributed by atoms with Gasteiger partial charge in [-0.25, -0.2) is 0 Å². The standard InChI is InChI=1S/C13H26N2O2/c1-4-17-12-7-11(8-12)9-13(16)15-6-5-14-10(2)3/h10-12,14H,4-9H2,1-3H3,(H,15,16). The minimum Gasteiger partial charge on any atom is -0.378 e. The number of amides is 1. The Bertz CT molecular complexity index is 225. The summed E-state index contributed by atoms with van der Waals surface area (Å²) >= 11 is 0. The topological polar surface area (TPSA) is 50.4 Å². The highest BCUT2D eigenvalue weighted by atomic mass is 16.5. The van der Waals surface area contributed by atoms with E-state index in [1.54, 1.807) is 0 Å². The van der Waals surface area contributed by atoms with E-state index in [0.717, 1.165) is 32.5 Å². The molecule has 0 aromatic rings. The molecule has 0 unspecified atom stereocenters. The molecule has 4 nitrogen and oxygen atoms in total. The van der Waals surface area contributed by atoms with E-state index in [2.05, 4.69) is 24.5 Å². The van der Waals surface area contributed by atoms with Crippen molar-refractivity contribution in [2.24, 2.45) is 5.92 Å². The van der Waals surface area contributed by atoms with Gasteiger partial charge in [0.1, 0.15) is 0 Å². The second kappa shape index (κ2) is 7.67.